The van der Waals surface area contributed by atoms with Crippen molar-refractivity contribution in [1.29, 1.82) is 0 Å². The molecule has 1 amide bonds. The summed E-state index contributed by atoms with van der Waals surface area (Å²) in [6, 6.07) is 5.13. The summed E-state index contributed by atoms with van der Waals surface area (Å²) >= 11 is 0. The van der Waals surface area contributed by atoms with E-state index in [0.717, 1.165) is 0 Å². The predicted octanol–water partition coefficient (Wildman–Crippen LogP) is -0.101. The van der Waals surface area contributed by atoms with E-state index in [1.54, 1.807) is 18.2 Å². The van der Waals surface area contributed by atoms with Crippen LogP contribution in [0.5, 0.6) is 0 Å². The van der Waals surface area contributed by atoms with Gasteiger partial charge in [0.1, 0.15) is 11.3 Å². The maximum Gasteiger partial charge on any atom is 0.250 e. The van der Waals surface area contributed by atoms with Gasteiger partial charge in [0.2, 0.25) is 5.91 Å². The number of hydrogen-bond acceptors (Lipinski definition) is 5. The molecule has 1 aliphatic rings. The zero-order valence-electron chi connectivity index (χ0n) is 11.0. The van der Waals surface area contributed by atoms with E-state index in [1.807, 2.05) is 6.92 Å². The highest BCUT2D eigenvalue weighted by Gasteiger charge is 2.45. The van der Waals surface area contributed by atoms with Gasteiger partial charge in [-0.3, -0.25) is 10.1 Å². The Morgan fingerprint density at radius 1 is 1.40 bits per heavy atom. The standard InChI is InChI=1S/C13H16N4O3/c1-12(5-6-13(19,20)17-12)11-15-8-4-2-3-7(10(14)18)9(8)16-11/h2-4,17,19-20H,5-6H2,1H3,(H2,14,18)(H,15,16)/t12-/m1/s1. The minimum absolute atomic E-state index is 0.198. The minimum Gasteiger partial charge on any atom is -0.366 e. The quantitative estimate of drug-likeness (QED) is 0.490. The Morgan fingerprint density at radius 3 is 2.75 bits per heavy atom. The minimum atomic E-state index is -1.90. The molecule has 0 bridgehead atoms. The van der Waals surface area contributed by atoms with Gasteiger partial charge >= 0.3 is 0 Å². The van der Waals surface area contributed by atoms with Crippen LogP contribution < -0.4 is 11.1 Å². The number of aromatic nitrogens is 2. The maximum absolute atomic E-state index is 11.4. The highest BCUT2D eigenvalue weighted by Crippen LogP contribution is 2.35. The van der Waals surface area contributed by atoms with Gasteiger partial charge in [-0.1, -0.05) is 6.07 Å². The van der Waals surface area contributed by atoms with Crippen molar-refractivity contribution >= 4 is 16.9 Å². The van der Waals surface area contributed by atoms with Crippen LogP contribution >= 0.6 is 0 Å². The highest BCUT2D eigenvalue weighted by molar-refractivity contribution is 6.04. The predicted molar refractivity (Wildman–Crippen MR) is 71.5 cm³/mol. The Bertz CT molecular complexity index is 694. The zero-order chi connectivity index (χ0) is 14.5. The molecule has 106 valence electrons. The number of hydrogen-bond donors (Lipinski definition) is 5. The van der Waals surface area contributed by atoms with Crippen LogP contribution in [-0.4, -0.2) is 32.0 Å². The summed E-state index contributed by atoms with van der Waals surface area (Å²) in [5.41, 5.74) is 6.15. The number of aliphatic hydroxyl groups is 2. The first-order chi connectivity index (χ1) is 9.31. The van der Waals surface area contributed by atoms with E-state index < -0.39 is 17.4 Å². The molecule has 1 aromatic heterocycles. The number of aromatic amines is 1. The number of H-pyrrole nitrogens is 1. The van der Waals surface area contributed by atoms with Crippen LogP contribution in [0.3, 0.4) is 0 Å². The number of nitrogens with two attached hydrogens (primary N) is 1. The van der Waals surface area contributed by atoms with E-state index in [-0.39, 0.29) is 6.42 Å². The van der Waals surface area contributed by atoms with E-state index in [1.165, 1.54) is 0 Å². The van der Waals surface area contributed by atoms with Gasteiger partial charge in [-0.05, 0) is 25.5 Å². The Balaban J connectivity index is 2.10. The first-order valence-corrected chi connectivity index (χ1v) is 6.34. The van der Waals surface area contributed by atoms with Crippen LogP contribution in [-0.2, 0) is 5.54 Å². The van der Waals surface area contributed by atoms with Crippen LogP contribution in [0.4, 0.5) is 0 Å². The molecule has 0 unspecified atom stereocenters. The first kappa shape index (κ1) is 13.0. The van der Waals surface area contributed by atoms with Crippen molar-refractivity contribution in [3.8, 4) is 0 Å². The molecule has 0 radical (unpaired) electrons. The fraction of sp³-hybridized carbons (Fsp3) is 0.385. The number of rotatable bonds is 2. The monoisotopic (exact) mass is 276 g/mol. The molecule has 0 aliphatic carbocycles. The van der Waals surface area contributed by atoms with Crippen molar-refractivity contribution in [1.82, 2.24) is 15.3 Å². The van der Waals surface area contributed by atoms with E-state index in [2.05, 4.69) is 15.3 Å². The van der Waals surface area contributed by atoms with Crippen LogP contribution in [0.2, 0.25) is 0 Å². The lowest BCUT2D eigenvalue weighted by molar-refractivity contribution is -0.178. The average molecular weight is 276 g/mol. The van der Waals surface area contributed by atoms with Gasteiger partial charge in [0, 0.05) is 6.42 Å². The molecular formula is C13H16N4O3. The Kier molecular flexibility index (Phi) is 2.62. The SMILES string of the molecule is C[C@]1(c2nc3c(C(N)=O)cccc3[nH]2)CCC(O)(O)N1. The number of imidazole rings is 1. The van der Waals surface area contributed by atoms with E-state index in [0.29, 0.717) is 28.8 Å². The van der Waals surface area contributed by atoms with Gasteiger partial charge in [0.25, 0.3) is 5.91 Å². The summed E-state index contributed by atoms with van der Waals surface area (Å²) < 4.78 is 0. The molecular weight excluding hydrogens is 260 g/mol. The van der Waals surface area contributed by atoms with Gasteiger partial charge in [-0.15, -0.1) is 0 Å². The Morgan fingerprint density at radius 2 is 2.15 bits per heavy atom. The van der Waals surface area contributed by atoms with Crippen molar-refractivity contribution in [3.05, 3.63) is 29.6 Å². The highest BCUT2D eigenvalue weighted by atomic mass is 16.5. The number of primary amides is 1. The number of nitrogens with zero attached hydrogens (tertiary/aromatic N) is 1. The van der Waals surface area contributed by atoms with Crippen LogP contribution in [0.1, 0.15) is 35.9 Å². The first-order valence-electron chi connectivity index (χ1n) is 6.34. The molecule has 1 atom stereocenters. The summed E-state index contributed by atoms with van der Waals surface area (Å²) in [4.78, 5) is 18.9. The normalized spacial score (nSPS) is 25.1. The molecule has 0 spiro atoms. The number of nitrogens with one attached hydrogen (secondary N) is 2. The summed E-state index contributed by atoms with van der Waals surface area (Å²) in [7, 11) is 0. The van der Waals surface area contributed by atoms with Crippen molar-refractivity contribution in [3.63, 3.8) is 0 Å². The largest absolute Gasteiger partial charge is 0.366 e. The van der Waals surface area contributed by atoms with E-state index in [4.69, 9.17) is 5.73 Å². The lowest BCUT2D eigenvalue weighted by Gasteiger charge is -2.24. The van der Waals surface area contributed by atoms with Crippen LogP contribution in [0.25, 0.3) is 11.0 Å². The Hall–Kier alpha value is -1.96. The van der Waals surface area contributed by atoms with Gasteiger partial charge in [0.05, 0.1) is 16.6 Å². The second-order valence-electron chi connectivity index (χ2n) is 5.43. The number of para-hydroxylation sites is 1. The van der Waals surface area contributed by atoms with Gasteiger partial charge < -0.3 is 20.9 Å². The summed E-state index contributed by atoms with van der Waals surface area (Å²) in [5, 5.41) is 22.0. The number of amides is 1. The molecule has 7 heteroatoms. The molecule has 1 aromatic carbocycles. The Labute approximate surface area is 114 Å². The molecule has 7 nitrogen and oxygen atoms in total. The van der Waals surface area contributed by atoms with Gasteiger partial charge in [0.15, 0.2) is 0 Å². The van der Waals surface area contributed by atoms with Gasteiger partial charge in [-0.25, -0.2) is 4.98 Å². The number of fused-ring (bicyclic) bond motifs is 1. The summed E-state index contributed by atoms with van der Waals surface area (Å²) in [6.45, 7) is 1.82. The van der Waals surface area contributed by atoms with E-state index >= 15 is 0 Å². The lowest BCUT2D eigenvalue weighted by Crippen LogP contribution is -2.47. The molecule has 1 aliphatic heterocycles. The third-order valence-corrected chi connectivity index (χ3v) is 3.75. The molecule has 3 rings (SSSR count). The van der Waals surface area contributed by atoms with Crippen molar-refractivity contribution < 1.29 is 15.0 Å². The molecule has 1 saturated heterocycles. The third-order valence-electron chi connectivity index (χ3n) is 3.75. The average Bonchev–Trinajstić information content (AvgIpc) is 2.90. The number of carbonyl (C=O) groups is 1. The van der Waals surface area contributed by atoms with Crippen LogP contribution in [0.15, 0.2) is 18.2 Å². The lowest BCUT2D eigenvalue weighted by atomic mass is 10.00. The molecule has 20 heavy (non-hydrogen) atoms. The van der Waals surface area contributed by atoms with Crippen molar-refractivity contribution in [2.75, 3.05) is 0 Å². The van der Waals surface area contributed by atoms with Gasteiger partial charge in [-0.2, -0.15) is 0 Å². The fourth-order valence-electron chi connectivity index (χ4n) is 2.66. The second-order valence-corrected chi connectivity index (χ2v) is 5.43. The molecule has 2 heterocycles. The fourth-order valence-corrected chi connectivity index (χ4v) is 2.66. The smallest absolute Gasteiger partial charge is 0.250 e. The molecule has 1 fully saturated rings. The number of carbonyl (C=O) groups excluding carboxylic acids is 1. The van der Waals surface area contributed by atoms with Crippen molar-refractivity contribution in [2.24, 2.45) is 5.73 Å². The molecule has 2 aromatic rings. The van der Waals surface area contributed by atoms with Crippen molar-refractivity contribution in [2.45, 2.75) is 31.2 Å². The maximum atomic E-state index is 11.4. The zero-order valence-corrected chi connectivity index (χ0v) is 11.0. The van der Waals surface area contributed by atoms with E-state index in [9.17, 15) is 15.0 Å². The molecule has 6 N–H and O–H groups in total. The second kappa shape index (κ2) is 4.02. The number of benzene rings is 1. The van der Waals surface area contributed by atoms with Crippen LogP contribution in [0, 0.1) is 0 Å². The summed E-state index contributed by atoms with van der Waals surface area (Å²) in [6.07, 6.45) is 0.703. The third kappa shape index (κ3) is 1.96. The topological polar surface area (TPSA) is 124 Å². The summed E-state index contributed by atoms with van der Waals surface area (Å²) in [5.74, 6) is -1.90. The molecule has 0 saturated carbocycles.